The predicted octanol–water partition coefficient (Wildman–Crippen LogP) is 2.40. The van der Waals surface area contributed by atoms with Crippen molar-refractivity contribution in [2.24, 2.45) is 5.73 Å². The topological polar surface area (TPSA) is 55.1 Å². The number of amides is 1. The summed E-state index contributed by atoms with van der Waals surface area (Å²) in [7, 11) is 0. The van der Waals surface area contributed by atoms with Crippen molar-refractivity contribution in [3.63, 3.8) is 0 Å². The van der Waals surface area contributed by atoms with Crippen molar-refractivity contribution < 1.29 is 4.79 Å². The molecule has 1 aliphatic rings. The third-order valence-electron chi connectivity index (χ3n) is 3.88. The van der Waals surface area contributed by atoms with Gasteiger partial charge in [-0.3, -0.25) is 4.79 Å². The van der Waals surface area contributed by atoms with Gasteiger partial charge in [-0.05, 0) is 31.2 Å². The van der Waals surface area contributed by atoms with Gasteiger partial charge in [-0.1, -0.05) is 43.2 Å². The van der Waals surface area contributed by atoms with E-state index in [1.54, 1.807) is 0 Å². The number of hydrogen-bond acceptors (Lipinski definition) is 2. The molecule has 0 heterocycles. The molecule has 0 aliphatic heterocycles. The van der Waals surface area contributed by atoms with Crippen molar-refractivity contribution in [2.45, 2.75) is 57.0 Å². The lowest BCUT2D eigenvalue weighted by Gasteiger charge is -2.29. The van der Waals surface area contributed by atoms with Gasteiger partial charge in [0.15, 0.2) is 0 Å². The largest absolute Gasteiger partial charge is 0.352 e. The van der Waals surface area contributed by atoms with Crippen LogP contribution in [0.3, 0.4) is 0 Å². The standard InChI is InChI=1S/C16H24N2O/c17-14-10-4-5-11-15(14)18-16(19)12-6-9-13-7-2-1-3-8-13/h1-3,7-8,14-15H,4-6,9-12,17H2,(H,18,19)/t14-,15-/m1/s1. The van der Waals surface area contributed by atoms with Gasteiger partial charge in [0.25, 0.3) is 0 Å². The van der Waals surface area contributed by atoms with E-state index in [2.05, 4.69) is 17.4 Å². The van der Waals surface area contributed by atoms with E-state index < -0.39 is 0 Å². The summed E-state index contributed by atoms with van der Waals surface area (Å²) in [6, 6.07) is 10.6. The van der Waals surface area contributed by atoms with Crippen LogP contribution in [0.2, 0.25) is 0 Å². The molecule has 0 radical (unpaired) electrons. The second kappa shape index (κ2) is 7.29. The number of carbonyl (C=O) groups is 1. The molecular weight excluding hydrogens is 236 g/mol. The van der Waals surface area contributed by atoms with Crippen LogP contribution in [0.15, 0.2) is 30.3 Å². The number of aryl methyl sites for hydroxylation is 1. The average molecular weight is 260 g/mol. The number of hydrogen-bond donors (Lipinski definition) is 2. The van der Waals surface area contributed by atoms with Crippen LogP contribution in [-0.2, 0) is 11.2 Å². The van der Waals surface area contributed by atoms with Crippen molar-refractivity contribution in [1.82, 2.24) is 5.32 Å². The third-order valence-corrected chi connectivity index (χ3v) is 3.88. The van der Waals surface area contributed by atoms with Gasteiger partial charge < -0.3 is 11.1 Å². The van der Waals surface area contributed by atoms with E-state index in [0.717, 1.165) is 25.7 Å². The average Bonchev–Trinajstić information content (AvgIpc) is 2.43. The zero-order chi connectivity index (χ0) is 13.5. The number of rotatable bonds is 5. The first-order valence-corrected chi connectivity index (χ1v) is 7.34. The minimum absolute atomic E-state index is 0.145. The summed E-state index contributed by atoms with van der Waals surface area (Å²) in [5.74, 6) is 0.151. The Morgan fingerprint density at radius 3 is 2.68 bits per heavy atom. The van der Waals surface area contributed by atoms with E-state index >= 15 is 0 Å². The molecule has 2 atom stereocenters. The smallest absolute Gasteiger partial charge is 0.220 e. The molecule has 19 heavy (non-hydrogen) atoms. The van der Waals surface area contributed by atoms with Crippen LogP contribution in [0.1, 0.15) is 44.1 Å². The maximum Gasteiger partial charge on any atom is 0.220 e. The van der Waals surface area contributed by atoms with Gasteiger partial charge in [0.2, 0.25) is 5.91 Å². The molecule has 1 aromatic rings. The molecule has 0 saturated heterocycles. The van der Waals surface area contributed by atoms with E-state index in [4.69, 9.17) is 5.73 Å². The van der Waals surface area contributed by atoms with E-state index in [-0.39, 0.29) is 18.0 Å². The first kappa shape index (κ1) is 14.1. The fourth-order valence-electron chi connectivity index (χ4n) is 2.72. The second-order valence-electron chi connectivity index (χ2n) is 5.46. The van der Waals surface area contributed by atoms with Crippen molar-refractivity contribution in [1.29, 1.82) is 0 Å². The molecule has 2 rings (SSSR count). The molecule has 1 fully saturated rings. The number of benzene rings is 1. The van der Waals surface area contributed by atoms with E-state index in [1.165, 1.54) is 18.4 Å². The summed E-state index contributed by atoms with van der Waals surface area (Å²) < 4.78 is 0. The van der Waals surface area contributed by atoms with Gasteiger partial charge in [-0.25, -0.2) is 0 Å². The van der Waals surface area contributed by atoms with Crippen LogP contribution in [0, 0.1) is 0 Å². The maximum atomic E-state index is 11.9. The van der Waals surface area contributed by atoms with E-state index in [1.807, 2.05) is 18.2 Å². The molecule has 3 N–H and O–H groups in total. The third kappa shape index (κ3) is 4.67. The molecule has 104 valence electrons. The molecule has 3 nitrogen and oxygen atoms in total. The zero-order valence-electron chi connectivity index (χ0n) is 11.5. The lowest BCUT2D eigenvalue weighted by molar-refractivity contribution is -0.122. The Bertz CT molecular complexity index is 391. The number of nitrogens with one attached hydrogen (secondary N) is 1. The first-order chi connectivity index (χ1) is 9.25. The molecule has 0 bridgehead atoms. The summed E-state index contributed by atoms with van der Waals surface area (Å²) in [4.78, 5) is 11.9. The Morgan fingerprint density at radius 1 is 1.21 bits per heavy atom. The Balaban J connectivity index is 1.67. The molecule has 0 spiro atoms. The van der Waals surface area contributed by atoms with Gasteiger partial charge >= 0.3 is 0 Å². The highest BCUT2D eigenvalue weighted by molar-refractivity contribution is 5.76. The maximum absolute atomic E-state index is 11.9. The predicted molar refractivity (Wildman–Crippen MR) is 77.8 cm³/mol. The van der Waals surface area contributed by atoms with Gasteiger partial charge in [0.1, 0.15) is 0 Å². The minimum Gasteiger partial charge on any atom is -0.352 e. The fraction of sp³-hybridized carbons (Fsp3) is 0.562. The quantitative estimate of drug-likeness (QED) is 0.854. The van der Waals surface area contributed by atoms with Crippen molar-refractivity contribution >= 4 is 5.91 Å². The fourth-order valence-corrected chi connectivity index (χ4v) is 2.72. The first-order valence-electron chi connectivity index (χ1n) is 7.34. The Kier molecular flexibility index (Phi) is 5.40. The molecular formula is C16H24N2O. The molecule has 0 unspecified atom stereocenters. The summed E-state index contributed by atoms with van der Waals surface area (Å²) >= 11 is 0. The van der Waals surface area contributed by atoms with Crippen molar-refractivity contribution in [2.75, 3.05) is 0 Å². The lowest BCUT2D eigenvalue weighted by Crippen LogP contribution is -2.49. The zero-order valence-corrected chi connectivity index (χ0v) is 11.5. The van der Waals surface area contributed by atoms with Crippen molar-refractivity contribution in [3.8, 4) is 0 Å². The summed E-state index contributed by atoms with van der Waals surface area (Å²) in [5, 5.41) is 3.09. The molecule has 3 heteroatoms. The molecule has 1 aliphatic carbocycles. The van der Waals surface area contributed by atoms with Crippen molar-refractivity contribution in [3.05, 3.63) is 35.9 Å². The number of carbonyl (C=O) groups excluding carboxylic acids is 1. The SMILES string of the molecule is N[C@@H]1CCCC[C@H]1NC(=O)CCCc1ccccc1. The highest BCUT2D eigenvalue weighted by atomic mass is 16.1. The van der Waals surface area contributed by atoms with Crippen LogP contribution in [0.5, 0.6) is 0 Å². The summed E-state index contributed by atoms with van der Waals surface area (Å²) in [6.07, 6.45) is 6.91. The highest BCUT2D eigenvalue weighted by Gasteiger charge is 2.22. The van der Waals surface area contributed by atoms with Crippen LogP contribution in [0.4, 0.5) is 0 Å². The van der Waals surface area contributed by atoms with E-state index in [0.29, 0.717) is 6.42 Å². The van der Waals surface area contributed by atoms with Gasteiger partial charge in [-0.2, -0.15) is 0 Å². The molecule has 1 saturated carbocycles. The normalized spacial score (nSPS) is 23.0. The lowest BCUT2D eigenvalue weighted by atomic mass is 9.91. The molecule has 1 amide bonds. The van der Waals surface area contributed by atoms with Gasteiger partial charge in [0, 0.05) is 18.5 Å². The summed E-state index contributed by atoms with van der Waals surface area (Å²) in [5.41, 5.74) is 7.33. The van der Waals surface area contributed by atoms with Crippen LogP contribution >= 0.6 is 0 Å². The minimum atomic E-state index is 0.145. The second-order valence-corrected chi connectivity index (χ2v) is 5.46. The van der Waals surface area contributed by atoms with Gasteiger partial charge in [-0.15, -0.1) is 0 Å². The summed E-state index contributed by atoms with van der Waals surface area (Å²) in [6.45, 7) is 0. The molecule has 0 aromatic heterocycles. The molecule has 1 aromatic carbocycles. The van der Waals surface area contributed by atoms with Crippen LogP contribution in [-0.4, -0.2) is 18.0 Å². The highest BCUT2D eigenvalue weighted by Crippen LogP contribution is 2.17. The Morgan fingerprint density at radius 2 is 1.95 bits per heavy atom. The van der Waals surface area contributed by atoms with E-state index in [9.17, 15) is 4.79 Å². The van der Waals surface area contributed by atoms with Crippen LogP contribution in [0.25, 0.3) is 0 Å². The Hall–Kier alpha value is -1.35. The monoisotopic (exact) mass is 260 g/mol. The van der Waals surface area contributed by atoms with Crippen LogP contribution < -0.4 is 11.1 Å². The number of nitrogens with two attached hydrogens (primary N) is 1. The van der Waals surface area contributed by atoms with Gasteiger partial charge in [0.05, 0.1) is 0 Å². The Labute approximate surface area is 115 Å².